The molecule has 0 unspecified atom stereocenters. The van der Waals surface area contributed by atoms with Crippen molar-refractivity contribution >= 4 is 51.4 Å². The Hall–Kier alpha value is -2.61. The van der Waals surface area contributed by atoms with E-state index in [1.807, 2.05) is 41.8 Å². The second-order valence-corrected chi connectivity index (χ2v) is 7.87. The Labute approximate surface area is 181 Å². The number of rotatable bonds is 7. The third-order valence-electron chi connectivity index (χ3n) is 4.10. The number of fused-ring (bicyclic) bond motifs is 1. The van der Waals surface area contributed by atoms with Crippen LogP contribution < -0.4 is 10.1 Å². The maximum atomic E-state index is 12.2. The Bertz CT molecular complexity index is 1140. The number of anilines is 1. The maximum Gasteiger partial charge on any atom is 0.250 e. The van der Waals surface area contributed by atoms with Crippen LogP contribution in [0, 0.1) is 0 Å². The van der Waals surface area contributed by atoms with Gasteiger partial charge < -0.3 is 4.74 Å². The van der Waals surface area contributed by atoms with E-state index >= 15 is 0 Å². The third-order valence-corrected chi connectivity index (χ3v) is 5.46. The highest BCUT2D eigenvalue weighted by Crippen LogP contribution is 2.33. The molecule has 0 fully saturated rings. The Morgan fingerprint density at radius 2 is 2.00 bits per heavy atom. The number of hydrogen-bond donors (Lipinski definition) is 1. The molecule has 6 nitrogen and oxygen atoms in total. The van der Waals surface area contributed by atoms with Crippen molar-refractivity contribution in [3.63, 3.8) is 0 Å². The summed E-state index contributed by atoms with van der Waals surface area (Å²) in [6.07, 6.45) is 0.907. The van der Waals surface area contributed by atoms with Gasteiger partial charge in [-0.3, -0.25) is 10.1 Å². The summed E-state index contributed by atoms with van der Waals surface area (Å²) in [5.74, 6) is 0.889. The Morgan fingerprint density at radius 1 is 1.17 bits per heavy atom. The van der Waals surface area contributed by atoms with Crippen molar-refractivity contribution in [3.8, 4) is 17.0 Å². The molecule has 0 aliphatic rings. The zero-order valence-electron chi connectivity index (χ0n) is 15.1. The summed E-state index contributed by atoms with van der Waals surface area (Å²) in [7, 11) is 0. The summed E-state index contributed by atoms with van der Waals surface area (Å²) in [5.41, 5.74) is 1.58. The first kappa shape index (κ1) is 19.7. The highest BCUT2D eigenvalue weighted by molar-refractivity contribution is 7.15. The number of hydrogen-bond acceptors (Lipinski definition) is 5. The minimum atomic E-state index is -0.161. The lowest BCUT2D eigenvalue weighted by Crippen LogP contribution is -2.14. The zero-order valence-corrected chi connectivity index (χ0v) is 17.5. The molecule has 0 spiro atoms. The average Bonchev–Trinajstić information content (AvgIpc) is 3.27. The van der Waals surface area contributed by atoms with Gasteiger partial charge in [-0.25, -0.2) is 4.52 Å². The van der Waals surface area contributed by atoms with Gasteiger partial charge in [-0.15, -0.1) is 16.4 Å². The first-order valence-corrected chi connectivity index (χ1v) is 10.5. The molecule has 148 valence electrons. The van der Waals surface area contributed by atoms with E-state index in [0.717, 1.165) is 17.0 Å². The van der Waals surface area contributed by atoms with Crippen molar-refractivity contribution in [1.29, 1.82) is 0 Å². The minimum Gasteiger partial charge on any atom is -0.494 e. The van der Waals surface area contributed by atoms with E-state index in [9.17, 15) is 4.79 Å². The molecule has 9 heteroatoms. The van der Waals surface area contributed by atoms with Crippen LogP contribution in [0.2, 0.25) is 10.0 Å². The summed E-state index contributed by atoms with van der Waals surface area (Å²) in [6.45, 7) is 0.461. The van der Waals surface area contributed by atoms with E-state index in [-0.39, 0.29) is 11.9 Å². The number of benzene rings is 2. The number of ether oxygens (including phenoxy) is 1. The van der Waals surface area contributed by atoms with Gasteiger partial charge in [0.25, 0.3) is 0 Å². The lowest BCUT2D eigenvalue weighted by Gasteiger charge is -2.05. The molecule has 0 aliphatic carbocycles. The van der Waals surface area contributed by atoms with Crippen LogP contribution >= 0.6 is 34.5 Å². The summed E-state index contributed by atoms with van der Waals surface area (Å²) < 4.78 is 7.25. The Kier molecular flexibility index (Phi) is 5.99. The molecule has 29 heavy (non-hydrogen) atoms. The molecule has 1 amide bonds. The van der Waals surface area contributed by atoms with Crippen molar-refractivity contribution in [2.75, 3.05) is 11.9 Å². The number of carbonyl (C=O) groups excluding carboxylic acids is 1. The van der Waals surface area contributed by atoms with Gasteiger partial charge in [-0.05, 0) is 36.8 Å². The molecule has 0 radical (unpaired) electrons. The van der Waals surface area contributed by atoms with E-state index in [1.54, 1.807) is 16.6 Å². The summed E-state index contributed by atoms with van der Waals surface area (Å²) in [6, 6.07) is 14.8. The predicted octanol–water partition coefficient (Wildman–Crippen LogP) is 5.56. The van der Waals surface area contributed by atoms with Gasteiger partial charge >= 0.3 is 0 Å². The highest BCUT2D eigenvalue weighted by atomic mass is 35.5. The molecular formula is C20H16Cl2N4O2S. The van der Waals surface area contributed by atoms with Gasteiger partial charge in [0.15, 0.2) is 0 Å². The van der Waals surface area contributed by atoms with Gasteiger partial charge in [-0.2, -0.15) is 4.98 Å². The van der Waals surface area contributed by atoms with Gasteiger partial charge in [0.1, 0.15) is 5.75 Å². The van der Waals surface area contributed by atoms with Crippen molar-refractivity contribution in [2.45, 2.75) is 12.8 Å². The normalized spacial score (nSPS) is 11.0. The standard InChI is InChI=1S/C20H16Cl2N4O2S/c21-13-8-9-15(16(22)11-13)17-12-29-20-24-19(25-26(17)20)23-18(27)7-4-10-28-14-5-2-1-3-6-14/h1-3,5-6,8-9,11-12H,4,7,10H2,(H,23,25,27). The molecular weight excluding hydrogens is 431 g/mol. The maximum absolute atomic E-state index is 12.2. The number of aromatic nitrogens is 3. The van der Waals surface area contributed by atoms with Crippen molar-refractivity contribution in [1.82, 2.24) is 14.6 Å². The lowest BCUT2D eigenvalue weighted by molar-refractivity contribution is -0.116. The van der Waals surface area contributed by atoms with Crippen LogP contribution in [0.3, 0.4) is 0 Å². The molecule has 4 aromatic rings. The van der Waals surface area contributed by atoms with Crippen LogP contribution in [0.25, 0.3) is 16.2 Å². The number of amides is 1. The van der Waals surface area contributed by atoms with Crippen LogP contribution in [0.4, 0.5) is 5.95 Å². The second kappa shape index (κ2) is 8.82. The fourth-order valence-electron chi connectivity index (χ4n) is 2.74. The van der Waals surface area contributed by atoms with Crippen LogP contribution in [-0.4, -0.2) is 27.1 Å². The largest absolute Gasteiger partial charge is 0.494 e. The Balaban J connectivity index is 1.37. The second-order valence-electron chi connectivity index (χ2n) is 6.19. The van der Waals surface area contributed by atoms with E-state index in [4.69, 9.17) is 27.9 Å². The van der Waals surface area contributed by atoms with E-state index < -0.39 is 0 Å². The van der Waals surface area contributed by atoms with Gasteiger partial charge in [0, 0.05) is 22.4 Å². The topological polar surface area (TPSA) is 68.5 Å². The molecule has 2 aromatic carbocycles. The van der Waals surface area contributed by atoms with E-state index in [2.05, 4.69) is 15.4 Å². The van der Waals surface area contributed by atoms with Crippen LogP contribution in [-0.2, 0) is 4.79 Å². The summed E-state index contributed by atoms with van der Waals surface area (Å²) in [4.78, 5) is 17.2. The van der Waals surface area contributed by atoms with Gasteiger partial charge in [0.05, 0.1) is 17.3 Å². The average molecular weight is 447 g/mol. The lowest BCUT2D eigenvalue weighted by atomic mass is 10.2. The first-order valence-electron chi connectivity index (χ1n) is 8.87. The number of nitrogens with zero attached hydrogens (tertiary/aromatic N) is 3. The fraction of sp³-hybridized carbons (Fsp3) is 0.150. The van der Waals surface area contributed by atoms with Crippen molar-refractivity contribution in [3.05, 3.63) is 64.0 Å². The van der Waals surface area contributed by atoms with Crippen molar-refractivity contribution in [2.24, 2.45) is 0 Å². The third kappa shape index (κ3) is 4.70. The SMILES string of the molecule is O=C(CCCOc1ccccc1)Nc1nc2scc(-c3ccc(Cl)cc3Cl)n2n1. The number of para-hydroxylation sites is 1. The Morgan fingerprint density at radius 3 is 2.79 bits per heavy atom. The van der Waals surface area contributed by atoms with E-state index in [0.29, 0.717) is 34.5 Å². The van der Waals surface area contributed by atoms with Crippen LogP contribution in [0.15, 0.2) is 53.9 Å². The molecule has 0 aliphatic heterocycles. The number of halogens is 2. The number of nitrogens with one attached hydrogen (secondary N) is 1. The molecule has 2 heterocycles. The molecule has 0 saturated heterocycles. The zero-order chi connectivity index (χ0) is 20.2. The fourth-order valence-corrected chi connectivity index (χ4v) is 4.07. The van der Waals surface area contributed by atoms with Gasteiger partial charge in [-0.1, -0.05) is 41.4 Å². The number of carbonyl (C=O) groups is 1. The molecule has 0 atom stereocenters. The van der Waals surface area contributed by atoms with E-state index in [1.165, 1.54) is 11.3 Å². The first-order chi connectivity index (χ1) is 14.1. The molecule has 4 rings (SSSR count). The predicted molar refractivity (Wildman–Crippen MR) is 116 cm³/mol. The van der Waals surface area contributed by atoms with Crippen LogP contribution in [0.5, 0.6) is 5.75 Å². The molecule has 0 saturated carbocycles. The monoisotopic (exact) mass is 446 g/mol. The summed E-state index contributed by atoms with van der Waals surface area (Å²) >= 11 is 13.7. The van der Waals surface area contributed by atoms with Crippen molar-refractivity contribution < 1.29 is 9.53 Å². The smallest absolute Gasteiger partial charge is 0.250 e. The highest BCUT2D eigenvalue weighted by Gasteiger charge is 2.15. The quantitative estimate of drug-likeness (QED) is 0.377. The number of thiazole rings is 1. The summed E-state index contributed by atoms with van der Waals surface area (Å²) in [5, 5.41) is 10.1. The minimum absolute atomic E-state index is 0.161. The van der Waals surface area contributed by atoms with Crippen LogP contribution in [0.1, 0.15) is 12.8 Å². The molecule has 2 aromatic heterocycles. The van der Waals surface area contributed by atoms with Gasteiger partial charge in [0.2, 0.25) is 16.8 Å². The molecule has 0 bridgehead atoms. The molecule has 1 N–H and O–H groups in total.